The zero-order valence-electron chi connectivity index (χ0n) is 11.6. The van der Waals surface area contributed by atoms with Crippen LogP contribution in [0, 0.1) is 0 Å². The number of hydrogen-bond acceptors (Lipinski definition) is 3. The Hall–Kier alpha value is -1.32. The summed E-state index contributed by atoms with van der Waals surface area (Å²) in [4.78, 5) is 0. The molecule has 0 aromatic heterocycles. The highest BCUT2D eigenvalue weighted by Gasteiger charge is 2.23. The molecule has 0 amide bonds. The van der Waals surface area contributed by atoms with Gasteiger partial charge in [0.25, 0.3) is 0 Å². The normalized spacial score (nSPS) is 22.4. The molecule has 2 unspecified atom stereocenters. The zero-order chi connectivity index (χ0) is 13.5. The summed E-state index contributed by atoms with van der Waals surface area (Å²) >= 11 is 0. The van der Waals surface area contributed by atoms with E-state index in [0.29, 0.717) is 18.8 Å². The quantitative estimate of drug-likeness (QED) is 0.766. The molecule has 3 heteroatoms. The van der Waals surface area contributed by atoms with Crippen LogP contribution in [0.25, 0.3) is 0 Å². The summed E-state index contributed by atoms with van der Waals surface area (Å²) < 4.78 is 11.1. The third kappa shape index (κ3) is 4.08. The molecule has 0 saturated heterocycles. The van der Waals surface area contributed by atoms with Crippen LogP contribution in [0.1, 0.15) is 24.8 Å². The molecule has 19 heavy (non-hydrogen) atoms. The smallest absolute Gasteiger partial charge is 0.124 e. The molecular weight excluding hydrogens is 238 g/mol. The maximum atomic E-state index is 5.66. The van der Waals surface area contributed by atoms with Crippen LogP contribution in [-0.2, 0) is 11.3 Å². The highest BCUT2D eigenvalue weighted by molar-refractivity contribution is 5.33. The van der Waals surface area contributed by atoms with E-state index in [1.54, 1.807) is 13.2 Å². The second-order valence-corrected chi connectivity index (χ2v) is 4.96. The fraction of sp³-hybridized carbons (Fsp3) is 0.500. The van der Waals surface area contributed by atoms with E-state index in [9.17, 15) is 0 Å². The van der Waals surface area contributed by atoms with Crippen LogP contribution in [0.2, 0.25) is 0 Å². The first kappa shape index (κ1) is 14.1. The van der Waals surface area contributed by atoms with Crippen LogP contribution in [0.5, 0.6) is 5.75 Å². The van der Waals surface area contributed by atoms with Crippen molar-refractivity contribution in [1.82, 2.24) is 5.32 Å². The minimum atomic E-state index is 0.421. The maximum Gasteiger partial charge on any atom is 0.124 e. The van der Waals surface area contributed by atoms with Crippen molar-refractivity contribution >= 4 is 0 Å². The molecule has 1 fully saturated rings. The second kappa shape index (κ2) is 7.31. The Morgan fingerprint density at radius 3 is 2.95 bits per heavy atom. The SMILES string of the molecule is C=CCOc1ccccc1CNC1CCC(OC)C1. The van der Waals surface area contributed by atoms with Gasteiger partial charge in [-0.15, -0.1) is 0 Å². The van der Waals surface area contributed by atoms with Gasteiger partial charge in [-0.2, -0.15) is 0 Å². The van der Waals surface area contributed by atoms with Crippen molar-refractivity contribution in [2.75, 3.05) is 13.7 Å². The summed E-state index contributed by atoms with van der Waals surface area (Å²) in [7, 11) is 1.80. The van der Waals surface area contributed by atoms with Gasteiger partial charge in [0, 0.05) is 25.3 Å². The average molecular weight is 261 g/mol. The molecule has 0 radical (unpaired) electrons. The van der Waals surface area contributed by atoms with E-state index in [-0.39, 0.29) is 0 Å². The van der Waals surface area contributed by atoms with Crippen molar-refractivity contribution in [1.29, 1.82) is 0 Å². The van der Waals surface area contributed by atoms with Crippen molar-refractivity contribution < 1.29 is 9.47 Å². The highest BCUT2D eigenvalue weighted by Crippen LogP contribution is 2.23. The van der Waals surface area contributed by atoms with Gasteiger partial charge < -0.3 is 14.8 Å². The number of rotatable bonds is 7. The van der Waals surface area contributed by atoms with Crippen molar-refractivity contribution in [3.05, 3.63) is 42.5 Å². The Balaban J connectivity index is 1.87. The second-order valence-electron chi connectivity index (χ2n) is 4.96. The van der Waals surface area contributed by atoms with Crippen molar-refractivity contribution in [3.63, 3.8) is 0 Å². The molecule has 0 bridgehead atoms. The molecule has 1 aliphatic rings. The van der Waals surface area contributed by atoms with Crippen LogP contribution < -0.4 is 10.1 Å². The fourth-order valence-corrected chi connectivity index (χ4v) is 2.53. The lowest BCUT2D eigenvalue weighted by Gasteiger charge is -2.15. The first-order chi connectivity index (χ1) is 9.33. The van der Waals surface area contributed by atoms with E-state index in [0.717, 1.165) is 25.1 Å². The summed E-state index contributed by atoms with van der Waals surface area (Å²) in [6.45, 7) is 5.07. The van der Waals surface area contributed by atoms with Gasteiger partial charge in [-0.3, -0.25) is 0 Å². The number of ether oxygens (including phenoxy) is 2. The lowest BCUT2D eigenvalue weighted by molar-refractivity contribution is 0.107. The summed E-state index contributed by atoms with van der Waals surface area (Å²) in [5.74, 6) is 0.941. The van der Waals surface area contributed by atoms with Crippen molar-refractivity contribution in [3.8, 4) is 5.75 Å². The Labute approximate surface area is 115 Å². The van der Waals surface area contributed by atoms with Crippen LogP contribution in [0.3, 0.4) is 0 Å². The third-order valence-corrected chi connectivity index (χ3v) is 3.63. The molecule has 0 spiro atoms. The number of methoxy groups -OCH3 is 1. The van der Waals surface area contributed by atoms with E-state index in [4.69, 9.17) is 9.47 Å². The van der Waals surface area contributed by atoms with Gasteiger partial charge in [0.1, 0.15) is 12.4 Å². The lowest BCUT2D eigenvalue weighted by atomic mass is 10.1. The van der Waals surface area contributed by atoms with Gasteiger partial charge in [-0.05, 0) is 25.3 Å². The molecule has 3 nitrogen and oxygen atoms in total. The molecular formula is C16H23NO2. The third-order valence-electron chi connectivity index (χ3n) is 3.63. The van der Waals surface area contributed by atoms with E-state index >= 15 is 0 Å². The molecule has 1 aliphatic carbocycles. The minimum absolute atomic E-state index is 0.421. The van der Waals surface area contributed by atoms with Crippen LogP contribution in [-0.4, -0.2) is 25.9 Å². The van der Waals surface area contributed by atoms with Crippen LogP contribution >= 0.6 is 0 Å². The van der Waals surface area contributed by atoms with Gasteiger partial charge in [-0.25, -0.2) is 0 Å². The molecule has 1 saturated carbocycles. The predicted molar refractivity (Wildman–Crippen MR) is 77.4 cm³/mol. The number of para-hydroxylation sites is 1. The molecule has 0 aliphatic heterocycles. The summed E-state index contributed by atoms with van der Waals surface area (Å²) in [6, 6.07) is 8.71. The molecule has 1 aromatic rings. The average Bonchev–Trinajstić information content (AvgIpc) is 2.91. The summed E-state index contributed by atoms with van der Waals surface area (Å²) in [5, 5.41) is 3.59. The van der Waals surface area contributed by atoms with Crippen molar-refractivity contribution in [2.24, 2.45) is 0 Å². The maximum absolute atomic E-state index is 5.66. The summed E-state index contributed by atoms with van der Waals surface area (Å²) in [5.41, 5.74) is 1.20. The molecule has 0 heterocycles. The van der Waals surface area contributed by atoms with Crippen LogP contribution in [0.15, 0.2) is 36.9 Å². The molecule has 1 aromatic carbocycles. The monoisotopic (exact) mass is 261 g/mol. The summed E-state index contributed by atoms with van der Waals surface area (Å²) in [6.07, 6.45) is 5.64. The van der Waals surface area contributed by atoms with Gasteiger partial charge in [0.05, 0.1) is 6.10 Å². The number of benzene rings is 1. The lowest BCUT2D eigenvalue weighted by Crippen LogP contribution is -2.26. The first-order valence-electron chi connectivity index (χ1n) is 6.91. The Morgan fingerprint density at radius 1 is 1.37 bits per heavy atom. The molecule has 2 rings (SSSR count). The fourth-order valence-electron chi connectivity index (χ4n) is 2.53. The molecule has 2 atom stereocenters. The molecule has 104 valence electrons. The van der Waals surface area contributed by atoms with E-state index in [2.05, 4.69) is 18.0 Å². The van der Waals surface area contributed by atoms with Crippen molar-refractivity contribution in [2.45, 2.75) is 38.0 Å². The van der Waals surface area contributed by atoms with Gasteiger partial charge >= 0.3 is 0 Å². The standard InChI is InChI=1S/C16H23NO2/c1-3-10-19-16-7-5-4-6-13(16)12-17-14-8-9-15(11-14)18-2/h3-7,14-15,17H,1,8-12H2,2H3. The van der Waals surface area contributed by atoms with Gasteiger partial charge in [0.2, 0.25) is 0 Å². The van der Waals surface area contributed by atoms with Gasteiger partial charge in [-0.1, -0.05) is 30.9 Å². The topological polar surface area (TPSA) is 30.5 Å². The first-order valence-corrected chi connectivity index (χ1v) is 6.91. The zero-order valence-corrected chi connectivity index (χ0v) is 11.6. The largest absolute Gasteiger partial charge is 0.489 e. The number of nitrogens with one attached hydrogen (secondary N) is 1. The Bertz CT molecular complexity index is 405. The Kier molecular flexibility index (Phi) is 5.43. The Morgan fingerprint density at radius 2 is 2.21 bits per heavy atom. The highest BCUT2D eigenvalue weighted by atomic mass is 16.5. The molecule has 1 N–H and O–H groups in total. The predicted octanol–water partition coefficient (Wildman–Crippen LogP) is 2.91. The van der Waals surface area contributed by atoms with Gasteiger partial charge in [0.15, 0.2) is 0 Å². The number of hydrogen-bond donors (Lipinski definition) is 1. The van der Waals surface area contributed by atoms with Crippen LogP contribution in [0.4, 0.5) is 0 Å². The van der Waals surface area contributed by atoms with E-state index < -0.39 is 0 Å². The van der Waals surface area contributed by atoms with E-state index in [1.165, 1.54) is 12.0 Å². The minimum Gasteiger partial charge on any atom is -0.489 e. The van der Waals surface area contributed by atoms with E-state index in [1.807, 2.05) is 18.2 Å².